The highest BCUT2D eigenvalue weighted by molar-refractivity contribution is 5.98. The van der Waals surface area contributed by atoms with Gasteiger partial charge in [-0.25, -0.2) is 0 Å². The Morgan fingerprint density at radius 2 is 1.56 bits per heavy atom. The van der Waals surface area contributed by atoms with Gasteiger partial charge in [0.05, 0.1) is 32.0 Å². The molecule has 1 heterocycles. The van der Waals surface area contributed by atoms with Gasteiger partial charge in [0, 0.05) is 24.8 Å². The summed E-state index contributed by atoms with van der Waals surface area (Å²) < 4.78 is 29.8. The number of ether oxygens (including phenoxy) is 5. The van der Waals surface area contributed by atoms with Crippen molar-refractivity contribution in [2.45, 2.75) is 117 Å². The number of aryl methyl sites for hydroxylation is 2. The van der Waals surface area contributed by atoms with E-state index in [0.717, 1.165) is 36.1 Å². The van der Waals surface area contributed by atoms with Crippen LogP contribution in [0.25, 0.3) is 0 Å². The average molecular weight is 623 g/mol. The van der Waals surface area contributed by atoms with Gasteiger partial charge in [-0.3, -0.25) is 14.4 Å². The fourth-order valence-corrected chi connectivity index (χ4v) is 6.51. The van der Waals surface area contributed by atoms with Gasteiger partial charge >= 0.3 is 11.9 Å². The summed E-state index contributed by atoms with van der Waals surface area (Å²) in [4.78, 5) is 37.6. The molecular weight excluding hydrogens is 572 g/mol. The first-order valence-electron chi connectivity index (χ1n) is 16.9. The van der Waals surface area contributed by atoms with E-state index < -0.39 is 5.60 Å². The number of ketones is 1. The number of benzene rings is 2. The Kier molecular flexibility index (Phi) is 12.7. The molecule has 1 aliphatic heterocycles. The predicted molar refractivity (Wildman–Crippen MR) is 173 cm³/mol. The Morgan fingerprint density at radius 3 is 2.22 bits per heavy atom. The third-order valence-corrected chi connectivity index (χ3v) is 8.78. The number of carbonyl (C=O) groups excluding carboxylic acids is 3. The summed E-state index contributed by atoms with van der Waals surface area (Å²) in [6.07, 6.45) is 9.22. The Balaban J connectivity index is 1.54. The highest BCUT2D eigenvalue weighted by Gasteiger charge is 2.39. The van der Waals surface area contributed by atoms with Gasteiger partial charge in [0.25, 0.3) is 0 Å². The SMILES string of the molecule is CCCc1c2c(cc(C(C)=O)c1OCCCOc1cccc3c1CCCC3)CCC(CCC(=O)OCC)(CCC(=O)OCC)O2. The summed E-state index contributed by atoms with van der Waals surface area (Å²) in [5, 5.41) is 0. The van der Waals surface area contributed by atoms with E-state index in [0.29, 0.717) is 82.0 Å². The summed E-state index contributed by atoms with van der Waals surface area (Å²) in [5.41, 5.74) is 4.36. The molecule has 0 fully saturated rings. The van der Waals surface area contributed by atoms with E-state index >= 15 is 0 Å². The van der Waals surface area contributed by atoms with E-state index in [4.69, 9.17) is 23.7 Å². The van der Waals surface area contributed by atoms with Crippen LogP contribution in [0.2, 0.25) is 0 Å². The summed E-state index contributed by atoms with van der Waals surface area (Å²) >= 11 is 0. The summed E-state index contributed by atoms with van der Waals surface area (Å²) in [6, 6.07) is 8.22. The van der Waals surface area contributed by atoms with Crippen molar-refractivity contribution in [1.82, 2.24) is 0 Å². The molecule has 2 aliphatic rings. The molecule has 2 aromatic carbocycles. The number of Topliss-reactive ketones (excluding diaryl/α,β-unsaturated/α-hetero) is 1. The Bertz CT molecular complexity index is 1310. The molecule has 0 aromatic heterocycles. The van der Waals surface area contributed by atoms with Gasteiger partial charge in [-0.15, -0.1) is 0 Å². The van der Waals surface area contributed by atoms with Crippen LogP contribution in [0.5, 0.6) is 17.2 Å². The minimum absolute atomic E-state index is 0.0567. The van der Waals surface area contributed by atoms with Gasteiger partial charge in [0.15, 0.2) is 5.78 Å². The lowest BCUT2D eigenvalue weighted by molar-refractivity contribution is -0.145. The first-order chi connectivity index (χ1) is 21.8. The van der Waals surface area contributed by atoms with E-state index in [-0.39, 0.29) is 30.6 Å². The molecule has 8 nitrogen and oxygen atoms in total. The van der Waals surface area contributed by atoms with Crippen molar-refractivity contribution in [3.05, 3.63) is 52.1 Å². The van der Waals surface area contributed by atoms with E-state index in [1.54, 1.807) is 20.8 Å². The number of carbonyl (C=O) groups is 3. The van der Waals surface area contributed by atoms with Crippen LogP contribution in [0, 0.1) is 0 Å². The molecule has 0 spiro atoms. The van der Waals surface area contributed by atoms with E-state index in [9.17, 15) is 14.4 Å². The zero-order valence-corrected chi connectivity index (χ0v) is 27.6. The third-order valence-electron chi connectivity index (χ3n) is 8.78. The highest BCUT2D eigenvalue weighted by Crippen LogP contribution is 2.46. The minimum Gasteiger partial charge on any atom is -0.493 e. The Labute approximate surface area is 268 Å². The summed E-state index contributed by atoms with van der Waals surface area (Å²) in [6.45, 7) is 8.75. The van der Waals surface area contributed by atoms with Crippen LogP contribution < -0.4 is 14.2 Å². The monoisotopic (exact) mass is 622 g/mol. The molecule has 1 aliphatic carbocycles. The van der Waals surface area contributed by atoms with Crippen molar-refractivity contribution in [2.75, 3.05) is 26.4 Å². The molecule has 0 amide bonds. The molecule has 0 saturated carbocycles. The van der Waals surface area contributed by atoms with Crippen LogP contribution in [-0.4, -0.2) is 49.8 Å². The normalized spacial score (nSPS) is 14.8. The van der Waals surface area contributed by atoms with Gasteiger partial charge in [0.2, 0.25) is 0 Å². The number of hydrogen-bond donors (Lipinski definition) is 0. The lowest BCUT2D eigenvalue weighted by Gasteiger charge is -2.40. The topological polar surface area (TPSA) is 97.4 Å². The quantitative estimate of drug-likeness (QED) is 0.103. The molecule has 246 valence electrons. The predicted octanol–water partition coefficient (Wildman–Crippen LogP) is 7.32. The van der Waals surface area contributed by atoms with Crippen molar-refractivity contribution >= 4 is 17.7 Å². The van der Waals surface area contributed by atoms with Gasteiger partial charge in [0.1, 0.15) is 22.8 Å². The second-order valence-electron chi connectivity index (χ2n) is 12.1. The Hall–Kier alpha value is -3.55. The third kappa shape index (κ3) is 9.01. The van der Waals surface area contributed by atoms with E-state index in [2.05, 4.69) is 25.1 Å². The smallest absolute Gasteiger partial charge is 0.305 e. The fraction of sp³-hybridized carbons (Fsp3) is 0.595. The lowest BCUT2D eigenvalue weighted by atomic mass is 9.82. The van der Waals surface area contributed by atoms with Gasteiger partial charge in [-0.05, 0) is 107 Å². The van der Waals surface area contributed by atoms with Gasteiger partial charge in [-0.1, -0.05) is 25.5 Å². The average Bonchev–Trinajstić information content (AvgIpc) is 3.04. The number of rotatable bonds is 17. The second kappa shape index (κ2) is 16.7. The first-order valence-corrected chi connectivity index (χ1v) is 16.9. The molecule has 45 heavy (non-hydrogen) atoms. The van der Waals surface area contributed by atoms with Crippen molar-refractivity contribution in [2.24, 2.45) is 0 Å². The van der Waals surface area contributed by atoms with Crippen molar-refractivity contribution < 1.29 is 38.1 Å². The maximum Gasteiger partial charge on any atom is 0.305 e. The highest BCUT2D eigenvalue weighted by atomic mass is 16.5. The number of esters is 2. The molecule has 2 aromatic rings. The molecule has 0 unspecified atom stereocenters. The Morgan fingerprint density at radius 1 is 0.867 bits per heavy atom. The standard InChI is InChI=1S/C37H50O8/c1-5-12-30-35-28(17-20-37(45-35,21-18-33(39)41-6-2)22-19-34(40)42-7-3)25-31(26(4)38)36(30)44-24-11-23-43-32-16-10-14-27-13-8-9-15-29(27)32/h10,14,16,25H,5-9,11-13,15,17-24H2,1-4H3. The minimum atomic E-state index is -0.743. The number of hydrogen-bond acceptors (Lipinski definition) is 8. The van der Waals surface area contributed by atoms with Gasteiger partial charge < -0.3 is 23.7 Å². The molecule has 0 saturated heterocycles. The van der Waals surface area contributed by atoms with E-state index in [1.165, 1.54) is 24.0 Å². The maximum atomic E-state index is 12.9. The molecule has 4 rings (SSSR count). The lowest BCUT2D eigenvalue weighted by Crippen LogP contribution is -2.41. The molecular formula is C37H50O8. The van der Waals surface area contributed by atoms with Gasteiger partial charge in [-0.2, -0.15) is 0 Å². The van der Waals surface area contributed by atoms with Crippen LogP contribution in [0.1, 0.15) is 118 Å². The molecule has 0 N–H and O–H groups in total. The van der Waals surface area contributed by atoms with Crippen molar-refractivity contribution in [1.29, 1.82) is 0 Å². The molecule has 0 radical (unpaired) electrons. The zero-order valence-electron chi connectivity index (χ0n) is 27.6. The number of fused-ring (bicyclic) bond motifs is 2. The van der Waals surface area contributed by atoms with Crippen LogP contribution in [0.3, 0.4) is 0 Å². The van der Waals surface area contributed by atoms with Crippen molar-refractivity contribution in [3.63, 3.8) is 0 Å². The first kappa shape index (κ1) is 34.3. The fourth-order valence-electron chi connectivity index (χ4n) is 6.51. The van der Waals surface area contributed by atoms with Crippen LogP contribution >= 0.6 is 0 Å². The molecule has 0 atom stereocenters. The van der Waals surface area contributed by atoms with Crippen LogP contribution in [0.4, 0.5) is 0 Å². The molecule has 0 bridgehead atoms. The summed E-state index contributed by atoms with van der Waals surface area (Å²) in [5.74, 6) is 1.61. The zero-order chi connectivity index (χ0) is 32.2. The summed E-state index contributed by atoms with van der Waals surface area (Å²) in [7, 11) is 0. The van der Waals surface area contributed by atoms with Crippen LogP contribution in [0.15, 0.2) is 24.3 Å². The largest absolute Gasteiger partial charge is 0.493 e. The van der Waals surface area contributed by atoms with Crippen molar-refractivity contribution in [3.8, 4) is 17.2 Å². The maximum absolute atomic E-state index is 12.9. The van der Waals surface area contributed by atoms with Crippen LogP contribution in [-0.2, 0) is 44.7 Å². The molecule has 8 heteroatoms. The van der Waals surface area contributed by atoms with E-state index in [1.807, 2.05) is 6.07 Å². The second-order valence-corrected chi connectivity index (χ2v) is 12.1.